The van der Waals surface area contributed by atoms with Crippen molar-refractivity contribution in [3.8, 4) is 0 Å². The molecule has 0 spiro atoms. The molecule has 1 aromatic heterocycles. The summed E-state index contributed by atoms with van der Waals surface area (Å²) >= 11 is 0. The van der Waals surface area contributed by atoms with E-state index in [1.54, 1.807) is 6.20 Å². The Labute approximate surface area is 103 Å². The number of rotatable bonds is 5. The summed E-state index contributed by atoms with van der Waals surface area (Å²) in [6.07, 6.45) is 8.07. The molecule has 0 saturated heterocycles. The van der Waals surface area contributed by atoms with Gasteiger partial charge in [-0.05, 0) is 24.6 Å². The van der Waals surface area contributed by atoms with Crippen molar-refractivity contribution in [3.05, 3.63) is 48.2 Å². The van der Waals surface area contributed by atoms with Gasteiger partial charge >= 0.3 is 7.05 Å². The van der Waals surface area contributed by atoms with E-state index < -0.39 is 0 Å². The lowest BCUT2D eigenvalue weighted by atomic mass is 9.79. The van der Waals surface area contributed by atoms with Crippen LogP contribution in [0, 0.1) is 0 Å². The maximum absolute atomic E-state index is 5.71. The van der Waals surface area contributed by atoms with Crippen molar-refractivity contribution in [3.63, 3.8) is 0 Å². The molecule has 1 aromatic rings. The normalized spacial score (nSPS) is 14.4. The Morgan fingerprint density at radius 3 is 3.12 bits per heavy atom. The van der Waals surface area contributed by atoms with Gasteiger partial charge in [-0.15, -0.1) is 0 Å². The van der Waals surface area contributed by atoms with E-state index in [4.69, 9.17) is 4.65 Å². The Hall–Kier alpha value is -1.55. The monoisotopic (exact) mass is 228 g/mol. The van der Waals surface area contributed by atoms with E-state index in [0.717, 1.165) is 30.8 Å². The number of allylic oxidation sites excluding steroid dienone is 2. The lowest BCUT2D eigenvalue weighted by Crippen LogP contribution is -2.36. The molecule has 4 heteroatoms. The first-order valence-corrected chi connectivity index (χ1v) is 6.08. The second-order valence-electron chi connectivity index (χ2n) is 3.97. The summed E-state index contributed by atoms with van der Waals surface area (Å²) in [5.74, 6) is 2.02. The van der Waals surface area contributed by atoms with Crippen molar-refractivity contribution in [1.29, 1.82) is 0 Å². The van der Waals surface area contributed by atoms with Gasteiger partial charge in [0.25, 0.3) is 0 Å². The molecule has 88 valence electrons. The predicted octanol–water partition coefficient (Wildman–Crippen LogP) is 2.43. The second kappa shape index (κ2) is 6.25. The fourth-order valence-corrected chi connectivity index (χ4v) is 1.64. The number of unbranched alkanes of at least 4 members (excludes halogenated alkanes) is 1. The first-order chi connectivity index (χ1) is 8.40. The zero-order valence-electron chi connectivity index (χ0n) is 10.1. The predicted molar refractivity (Wildman–Crippen MR) is 71.1 cm³/mol. The highest BCUT2D eigenvalue weighted by Gasteiger charge is 2.17. The van der Waals surface area contributed by atoms with Crippen molar-refractivity contribution in [2.45, 2.75) is 19.8 Å². The summed E-state index contributed by atoms with van der Waals surface area (Å²) in [6, 6.07) is 5.88. The molecule has 0 aliphatic carbocycles. The fourth-order valence-electron chi connectivity index (χ4n) is 1.64. The van der Waals surface area contributed by atoms with Gasteiger partial charge < -0.3 is 9.88 Å². The van der Waals surface area contributed by atoms with Gasteiger partial charge in [-0.3, -0.25) is 4.98 Å². The molecule has 1 aliphatic rings. The quantitative estimate of drug-likeness (QED) is 0.620. The fraction of sp³-hybridized carbons (Fsp3) is 0.308. The molecule has 0 unspecified atom stereocenters. The highest BCUT2D eigenvalue weighted by molar-refractivity contribution is 6.57. The summed E-state index contributed by atoms with van der Waals surface area (Å²) in [5.41, 5.74) is 1.95. The van der Waals surface area contributed by atoms with Crippen LogP contribution in [0.3, 0.4) is 0 Å². The molecule has 0 aromatic carbocycles. The average molecular weight is 228 g/mol. The van der Waals surface area contributed by atoms with Crippen LogP contribution in [0.4, 0.5) is 0 Å². The minimum Gasteiger partial charge on any atom is -0.413 e. The van der Waals surface area contributed by atoms with Crippen LogP contribution in [0.15, 0.2) is 42.5 Å². The molecular formula is C13H17BN2O. The Morgan fingerprint density at radius 1 is 1.41 bits per heavy atom. The van der Waals surface area contributed by atoms with Crippen molar-refractivity contribution in [1.82, 2.24) is 10.2 Å². The Balaban J connectivity index is 1.94. The average Bonchev–Trinajstić information content (AvgIpc) is 2.41. The molecule has 0 radical (unpaired) electrons. The minimum absolute atomic E-state index is 0.0384. The molecule has 3 nitrogen and oxygen atoms in total. The molecule has 0 fully saturated rings. The van der Waals surface area contributed by atoms with E-state index in [-0.39, 0.29) is 7.05 Å². The van der Waals surface area contributed by atoms with Gasteiger partial charge in [0.2, 0.25) is 0 Å². The molecule has 0 bridgehead atoms. The smallest absolute Gasteiger partial charge is 0.413 e. The molecule has 1 aliphatic heterocycles. The highest BCUT2D eigenvalue weighted by atomic mass is 16.4. The molecule has 17 heavy (non-hydrogen) atoms. The maximum atomic E-state index is 5.71. The number of nitrogens with one attached hydrogen (secondary N) is 1. The van der Waals surface area contributed by atoms with Crippen LogP contribution in [-0.4, -0.2) is 18.6 Å². The van der Waals surface area contributed by atoms with Crippen LogP contribution in [0.1, 0.15) is 25.5 Å². The van der Waals surface area contributed by atoms with Gasteiger partial charge in [0, 0.05) is 12.8 Å². The van der Waals surface area contributed by atoms with Gasteiger partial charge in [0.15, 0.2) is 0 Å². The molecule has 1 N–H and O–H groups in total. The zero-order valence-corrected chi connectivity index (χ0v) is 10.1. The van der Waals surface area contributed by atoms with Crippen LogP contribution >= 0.6 is 0 Å². The topological polar surface area (TPSA) is 34.1 Å². The highest BCUT2D eigenvalue weighted by Crippen LogP contribution is 2.12. The van der Waals surface area contributed by atoms with Crippen LogP contribution < -0.4 is 5.23 Å². The summed E-state index contributed by atoms with van der Waals surface area (Å²) in [5, 5.41) is 3.32. The van der Waals surface area contributed by atoms with E-state index in [0.29, 0.717) is 0 Å². The lowest BCUT2D eigenvalue weighted by Gasteiger charge is -2.18. The van der Waals surface area contributed by atoms with Gasteiger partial charge in [-0.25, -0.2) is 0 Å². The molecule has 0 atom stereocenters. The number of hydrogen-bond donors (Lipinski definition) is 1. The number of nitrogens with zero attached hydrogens (tertiary/aromatic N) is 1. The van der Waals surface area contributed by atoms with Crippen LogP contribution in [0.25, 0.3) is 5.70 Å². The van der Waals surface area contributed by atoms with Gasteiger partial charge in [-0.1, -0.05) is 31.5 Å². The first-order valence-electron chi connectivity index (χ1n) is 6.08. The molecule has 2 heterocycles. The SMILES string of the molecule is CCCCOB1C=CC=C(c2ccccn2)N1. The standard InChI is InChI=1S/C13H17BN2O/c1-2-3-11-17-14-9-6-8-13(16-14)12-7-4-5-10-15-12/h4-10,16H,2-3,11H2,1H3. The van der Waals surface area contributed by atoms with Crippen LogP contribution in [0.5, 0.6) is 0 Å². The third-order valence-corrected chi connectivity index (χ3v) is 2.58. The van der Waals surface area contributed by atoms with Crippen LogP contribution in [0.2, 0.25) is 0 Å². The van der Waals surface area contributed by atoms with E-state index in [1.165, 1.54) is 0 Å². The molecule has 0 saturated carbocycles. The molecule has 0 amide bonds. The van der Waals surface area contributed by atoms with Crippen molar-refractivity contribution < 1.29 is 4.65 Å². The second-order valence-corrected chi connectivity index (χ2v) is 3.97. The van der Waals surface area contributed by atoms with Crippen molar-refractivity contribution in [2.24, 2.45) is 0 Å². The maximum Gasteiger partial charge on any atom is 0.441 e. The largest absolute Gasteiger partial charge is 0.441 e. The van der Waals surface area contributed by atoms with E-state index in [1.807, 2.05) is 36.3 Å². The third-order valence-electron chi connectivity index (χ3n) is 2.58. The zero-order chi connectivity index (χ0) is 11.9. The third kappa shape index (κ3) is 3.46. The Morgan fingerprint density at radius 2 is 2.35 bits per heavy atom. The molecular weight excluding hydrogens is 211 g/mol. The van der Waals surface area contributed by atoms with Gasteiger partial charge in [0.1, 0.15) is 0 Å². The summed E-state index contributed by atoms with van der Waals surface area (Å²) in [7, 11) is -0.0384. The summed E-state index contributed by atoms with van der Waals surface area (Å²) in [4.78, 5) is 4.31. The molecule has 2 rings (SSSR count). The van der Waals surface area contributed by atoms with Crippen LogP contribution in [-0.2, 0) is 4.65 Å². The summed E-state index contributed by atoms with van der Waals surface area (Å²) < 4.78 is 5.71. The first kappa shape index (κ1) is 11.9. The minimum atomic E-state index is -0.0384. The number of hydrogen-bond acceptors (Lipinski definition) is 3. The van der Waals surface area contributed by atoms with E-state index in [2.05, 4.69) is 17.1 Å². The van der Waals surface area contributed by atoms with E-state index >= 15 is 0 Å². The summed E-state index contributed by atoms with van der Waals surface area (Å²) in [6.45, 7) is 2.95. The van der Waals surface area contributed by atoms with Crippen molar-refractivity contribution in [2.75, 3.05) is 6.61 Å². The lowest BCUT2D eigenvalue weighted by molar-refractivity contribution is 0.313. The Bertz CT molecular complexity index is 403. The van der Waals surface area contributed by atoms with Gasteiger partial charge in [0.05, 0.1) is 11.4 Å². The number of pyridine rings is 1. The van der Waals surface area contributed by atoms with E-state index in [9.17, 15) is 0 Å². The number of aromatic nitrogens is 1. The van der Waals surface area contributed by atoms with Gasteiger partial charge in [-0.2, -0.15) is 0 Å². The van der Waals surface area contributed by atoms with Crippen molar-refractivity contribution >= 4 is 12.7 Å². The Kier molecular flexibility index (Phi) is 4.39.